The first-order valence-corrected chi connectivity index (χ1v) is 13.5. The van der Waals surface area contributed by atoms with Crippen molar-refractivity contribution in [1.82, 2.24) is 24.3 Å². The SMILES string of the molecule is CN1CCC[C@H]1C(=O)NC1CCC(n2c(=O)c3cc(F)cnc3n(C3CCSCC3)c2=O)CC1. The maximum Gasteiger partial charge on any atom is 0.333 e. The standard InChI is InChI=1S/C24H32FN5O3S/c1-28-10-2-3-20(28)22(31)27-16-4-6-17(7-5-16)30-23(32)19-13-15(25)14-26-21(19)29(24(30)33)18-8-11-34-12-9-18/h13-14,16-18,20H,2-12H2,1H3,(H,27,31)/t16?,17?,20-/m0/s1. The minimum atomic E-state index is -0.580. The van der Waals surface area contributed by atoms with Crippen LogP contribution in [0.4, 0.5) is 4.39 Å². The molecule has 184 valence electrons. The molecule has 3 fully saturated rings. The van der Waals surface area contributed by atoms with Gasteiger partial charge in [0.2, 0.25) is 5.91 Å². The van der Waals surface area contributed by atoms with Crippen LogP contribution in [0.1, 0.15) is 63.5 Å². The van der Waals surface area contributed by atoms with Crippen molar-refractivity contribution in [3.05, 3.63) is 38.9 Å². The van der Waals surface area contributed by atoms with E-state index < -0.39 is 11.4 Å². The molecule has 10 heteroatoms. The van der Waals surface area contributed by atoms with Gasteiger partial charge in [-0.05, 0) is 82.5 Å². The zero-order chi connectivity index (χ0) is 23.8. The molecule has 2 aromatic rings. The highest BCUT2D eigenvalue weighted by Gasteiger charge is 2.32. The third kappa shape index (κ3) is 4.42. The highest BCUT2D eigenvalue weighted by molar-refractivity contribution is 7.99. The molecule has 2 aliphatic heterocycles. The fourth-order valence-electron chi connectivity index (χ4n) is 5.82. The molecule has 1 N–H and O–H groups in total. The van der Waals surface area contributed by atoms with Crippen LogP contribution in [-0.4, -0.2) is 62.1 Å². The van der Waals surface area contributed by atoms with E-state index in [1.165, 1.54) is 10.6 Å². The number of carbonyl (C=O) groups excluding carboxylic acids is 1. The van der Waals surface area contributed by atoms with Crippen LogP contribution < -0.4 is 16.6 Å². The maximum absolute atomic E-state index is 14.0. The van der Waals surface area contributed by atoms with Crippen LogP contribution in [0.25, 0.3) is 11.0 Å². The lowest BCUT2D eigenvalue weighted by molar-refractivity contribution is -0.126. The molecule has 0 radical (unpaired) electrons. The Kier molecular flexibility index (Phi) is 6.79. The monoisotopic (exact) mass is 489 g/mol. The topological polar surface area (TPSA) is 89.2 Å². The molecule has 0 unspecified atom stereocenters. The molecule has 8 nitrogen and oxygen atoms in total. The van der Waals surface area contributed by atoms with Crippen LogP contribution in [0.3, 0.4) is 0 Å². The summed E-state index contributed by atoms with van der Waals surface area (Å²) in [4.78, 5) is 46.0. The summed E-state index contributed by atoms with van der Waals surface area (Å²) < 4.78 is 17.0. The number of likely N-dealkylation sites (tertiary alicyclic amines) is 1. The Morgan fingerprint density at radius 1 is 1.06 bits per heavy atom. The zero-order valence-corrected chi connectivity index (χ0v) is 20.4. The van der Waals surface area contributed by atoms with Crippen molar-refractivity contribution >= 4 is 28.7 Å². The van der Waals surface area contributed by atoms with Gasteiger partial charge >= 0.3 is 5.69 Å². The van der Waals surface area contributed by atoms with E-state index in [-0.39, 0.29) is 46.8 Å². The van der Waals surface area contributed by atoms with Crippen molar-refractivity contribution in [3.8, 4) is 0 Å². The summed E-state index contributed by atoms with van der Waals surface area (Å²) in [5.41, 5.74) is -0.520. The van der Waals surface area contributed by atoms with Crippen molar-refractivity contribution in [1.29, 1.82) is 0 Å². The summed E-state index contributed by atoms with van der Waals surface area (Å²) in [5.74, 6) is 1.38. The smallest absolute Gasteiger partial charge is 0.333 e. The Labute approximate surface area is 201 Å². The van der Waals surface area contributed by atoms with E-state index in [0.29, 0.717) is 25.7 Å². The number of thioether (sulfide) groups is 1. The first-order valence-electron chi connectivity index (χ1n) is 12.3. The molecule has 0 aromatic carbocycles. The Balaban J connectivity index is 1.41. The largest absolute Gasteiger partial charge is 0.352 e. The third-order valence-electron chi connectivity index (χ3n) is 7.71. The average Bonchev–Trinajstić information content (AvgIpc) is 3.27. The van der Waals surface area contributed by atoms with E-state index in [4.69, 9.17) is 0 Å². The number of rotatable bonds is 4. The van der Waals surface area contributed by atoms with E-state index in [1.54, 1.807) is 4.57 Å². The molecule has 34 heavy (non-hydrogen) atoms. The minimum Gasteiger partial charge on any atom is -0.352 e. The van der Waals surface area contributed by atoms with Gasteiger partial charge in [-0.1, -0.05) is 0 Å². The molecule has 5 rings (SSSR count). The van der Waals surface area contributed by atoms with Crippen LogP contribution in [-0.2, 0) is 4.79 Å². The Morgan fingerprint density at radius 3 is 2.44 bits per heavy atom. The fraction of sp³-hybridized carbons (Fsp3) is 0.667. The van der Waals surface area contributed by atoms with Gasteiger partial charge in [-0.2, -0.15) is 11.8 Å². The highest BCUT2D eigenvalue weighted by Crippen LogP contribution is 2.30. The van der Waals surface area contributed by atoms with Gasteiger partial charge in [0.25, 0.3) is 5.56 Å². The summed E-state index contributed by atoms with van der Waals surface area (Å²) in [6.45, 7) is 0.942. The number of hydrogen-bond acceptors (Lipinski definition) is 6. The number of pyridine rings is 1. The normalized spacial score (nSPS) is 26.7. The Bertz CT molecular complexity index is 1180. The van der Waals surface area contributed by atoms with Crippen LogP contribution in [0.2, 0.25) is 0 Å². The van der Waals surface area contributed by atoms with Gasteiger partial charge < -0.3 is 5.32 Å². The van der Waals surface area contributed by atoms with Gasteiger partial charge in [0, 0.05) is 18.1 Å². The predicted octanol–water partition coefficient (Wildman–Crippen LogP) is 2.46. The van der Waals surface area contributed by atoms with Gasteiger partial charge in [0.05, 0.1) is 17.6 Å². The first kappa shape index (κ1) is 23.5. The van der Waals surface area contributed by atoms with Crippen LogP contribution in [0.5, 0.6) is 0 Å². The molecule has 1 saturated carbocycles. The molecule has 1 aliphatic carbocycles. The summed E-state index contributed by atoms with van der Waals surface area (Å²) >= 11 is 1.85. The molecule has 4 heterocycles. The minimum absolute atomic E-state index is 0.0416. The van der Waals surface area contributed by atoms with Gasteiger partial charge in [-0.3, -0.25) is 23.6 Å². The lowest BCUT2D eigenvalue weighted by Crippen LogP contribution is -2.49. The van der Waals surface area contributed by atoms with E-state index in [0.717, 1.165) is 49.9 Å². The summed E-state index contributed by atoms with van der Waals surface area (Å²) in [6.07, 6.45) is 7.30. The number of likely N-dealkylation sites (N-methyl/N-ethyl adjacent to an activating group) is 1. The summed E-state index contributed by atoms with van der Waals surface area (Å²) in [6, 6.07) is 0.882. The maximum atomic E-state index is 14.0. The molecular formula is C24H32FN5O3S. The average molecular weight is 490 g/mol. The van der Waals surface area contributed by atoms with E-state index in [2.05, 4.69) is 15.2 Å². The molecule has 3 aliphatic rings. The van der Waals surface area contributed by atoms with Crippen molar-refractivity contribution in [2.75, 3.05) is 25.1 Å². The lowest BCUT2D eigenvalue weighted by atomic mass is 9.90. The quantitative estimate of drug-likeness (QED) is 0.710. The molecule has 0 bridgehead atoms. The van der Waals surface area contributed by atoms with Crippen molar-refractivity contribution in [2.24, 2.45) is 0 Å². The van der Waals surface area contributed by atoms with Crippen molar-refractivity contribution < 1.29 is 9.18 Å². The van der Waals surface area contributed by atoms with Crippen LogP contribution in [0.15, 0.2) is 21.9 Å². The van der Waals surface area contributed by atoms with Crippen LogP contribution >= 0.6 is 11.8 Å². The fourth-order valence-corrected chi connectivity index (χ4v) is 6.90. The first-order chi connectivity index (χ1) is 16.4. The second-order valence-electron chi connectivity index (χ2n) is 9.85. The second kappa shape index (κ2) is 9.81. The van der Waals surface area contributed by atoms with Crippen molar-refractivity contribution in [3.63, 3.8) is 0 Å². The lowest BCUT2D eigenvalue weighted by Gasteiger charge is -2.32. The number of nitrogens with zero attached hydrogens (tertiary/aromatic N) is 4. The van der Waals surface area contributed by atoms with Gasteiger partial charge in [0.1, 0.15) is 11.5 Å². The molecular weight excluding hydrogens is 457 g/mol. The summed E-state index contributed by atoms with van der Waals surface area (Å²) in [5, 5.41) is 3.34. The number of hydrogen-bond donors (Lipinski definition) is 1. The number of fused-ring (bicyclic) bond motifs is 1. The van der Waals surface area contributed by atoms with E-state index in [9.17, 15) is 18.8 Å². The Hall–Kier alpha value is -2.20. The van der Waals surface area contributed by atoms with Gasteiger partial charge in [-0.25, -0.2) is 14.2 Å². The molecule has 0 spiro atoms. The number of carbonyl (C=O) groups is 1. The number of amides is 1. The molecule has 2 saturated heterocycles. The zero-order valence-electron chi connectivity index (χ0n) is 19.5. The van der Waals surface area contributed by atoms with Gasteiger partial charge in [0.15, 0.2) is 0 Å². The Morgan fingerprint density at radius 2 is 1.76 bits per heavy atom. The van der Waals surface area contributed by atoms with E-state index in [1.807, 2.05) is 18.8 Å². The van der Waals surface area contributed by atoms with Crippen LogP contribution in [0, 0.1) is 5.82 Å². The third-order valence-corrected chi connectivity index (χ3v) is 8.76. The predicted molar refractivity (Wildman–Crippen MR) is 131 cm³/mol. The van der Waals surface area contributed by atoms with Gasteiger partial charge in [-0.15, -0.1) is 0 Å². The second-order valence-corrected chi connectivity index (χ2v) is 11.1. The number of aromatic nitrogens is 3. The summed E-state index contributed by atoms with van der Waals surface area (Å²) in [7, 11) is 1.98. The molecule has 1 atom stereocenters. The number of nitrogens with one attached hydrogen (secondary N) is 1. The highest BCUT2D eigenvalue weighted by atomic mass is 32.2. The number of halogens is 1. The van der Waals surface area contributed by atoms with Crippen molar-refractivity contribution in [2.45, 2.75) is 75.5 Å². The van der Waals surface area contributed by atoms with E-state index >= 15 is 0 Å². The molecule has 1 amide bonds. The molecule has 2 aromatic heterocycles.